The van der Waals surface area contributed by atoms with Crippen molar-refractivity contribution in [2.45, 2.75) is 45.5 Å². The fourth-order valence-corrected chi connectivity index (χ4v) is 2.39. The molecule has 0 spiro atoms. The average Bonchev–Trinajstić information content (AvgIpc) is 2.50. The zero-order chi connectivity index (χ0) is 10.9. The van der Waals surface area contributed by atoms with Gasteiger partial charge in [-0.05, 0) is 45.7 Å². The average molecular weight is 213 g/mol. The first-order valence-corrected chi connectivity index (χ1v) is 6.09. The largest absolute Gasteiger partial charge is 0.348 e. The van der Waals surface area contributed by atoms with Gasteiger partial charge in [-0.2, -0.15) is 0 Å². The monoisotopic (exact) mass is 213 g/mol. The number of nitrogens with zero attached hydrogens (tertiary/aromatic N) is 1. The maximum absolute atomic E-state index is 5.81. The third kappa shape index (κ3) is 3.16. The van der Waals surface area contributed by atoms with Crippen LogP contribution < -0.4 is 0 Å². The molecule has 0 aromatic rings. The SMILES string of the molecule is CC1CCN(CC2COC(C)(C)O2)CC1. The molecule has 1 unspecified atom stereocenters. The van der Waals surface area contributed by atoms with Gasteiger partial charge in [-0.15, -0.1) is 0 Å². The van der Waals surface area contributed by atoms with Crippen LogP contribution in [0.2, 0.25) is 0 Å². The highest BCUT2D eigenvalue weighted by molar-refractivity contribution is 4.77. The van der Waals surface area contributed by atoms with Crippen molar-refractivity contribution in [3.63, 3.8) is 0 Å². The molecular formula is C12H23NO2. The van der Waals surface area contributed by atoms with E-state index in [9.17, 15) is 0 Å². The molecule has 0 bridgehead atoms. The minimum Gasteiger partial charge on any atom is -0.348 e. The zero-order valence-corrected chi connectivity index (χ0v) is 10.2. The van der Waals surface area contributed by atoms with Crippen molar-refractivity contribution >= 4 is 0 Å². The fraction of sp³-hybridized carbons (Fsp3) is 1.00. The van der Waals surface area contributed by atoms with Crippen molar-refractivity contribution in [2.24, 2.45) is 5.92 Å². The molecule has 3 heteroatoms. The second-order valence-electron chi connectivity index (χ2n) is 5.43. The highest BCUT2D eigenvalue weighted by Gasteiger charge is 2.33. The van der Waals surface area contributed by atoms with Crippen LogP contribution in [0.5, 0.6) is 0 Å². The van der Waals surface area contributed by atoms with Gasteiger partial charge in [-0.3, -0.25) is 0 Å². The Bertz CT molecular complexity index is 210. The van der Waals surface area contributed by atoms with Crippen molar-refractivity contribution in [3.8, 4) is 0 Å². The molecule has 3 nitrogen and oxygen atoms in total. The molecule has 0 amide bonds. The second-order valence-corrected chi connectivity index (χ2v) is 5.43. The molecular weight excluding hydrogens is 190 g/mol. The number of rotatable bonds is 2. The minimum absolute atomic E-state index is 0.272. The van der Waals surface area contributed by atoms with Crippen LogP contribution in [0.1, 0.15) is 33.6 Å². The van der Waals surface area contributed by atoms with E-state index in [2.05, 4.69) is 11.8 Å². The van der Waals surface area contributed by atoms with Gasteiger partial charge in [-0.25, -0.2) is 0 Å². The summed E-state index contributed by atoms with van der Waals surface area (Å²) >= 11 is 0. The van der Waals surface area contributed by atoms with Crippen LogP contribution in [-0.4, -0.2) is 43.0 Å². The summed E-state index contributed by atoms with van der Waals surface area (Å²) in [5.41, 5.74) is 0. The lowest BCUT2D eigenvalue weighted by molar-refractivity contribution is -0.140. The number of ether oxygens (including phenoxy) is 2. The summed E-state index contributed by atoms with van der Waals surface area (Å²) in [6, 6.07) is 0. The summed E-state index contributed by atoms with van der Waals surface area (Å²) < 4.78 is 11.4. The standard InChI is InChI=1S/C12H23NO2/c1-10-4-6-13(7-5-10)8-11-9-14-12(2,3)15-11/h10-11H,4-9H2,1-3H3. The molecule has 0 aliphatic carbocycles. The van der Waals surface area contributed by atoms with E-state index < -0.39 is 0 Å². The molecule has 0 aromatic heterocycles. The summed E-state index contributed by atoms with van der Waals surface area (Å²) in [7, 11) is 0. The van der Waals surface area contributed by atoms with Crippen LogP contribution >= 0.6 is 0 Å². The molecule has 88 valence electrons. The van der Waals surface area contributed by atoms with Gasteiger partial charge in [0.1, 0.15) is 0 Å². The lowest BCUT2D eigenvalue weighted by Gasteiger charge is -2.31. The molecule has 2 saturated heterocycles. The lowest BCUT2D eigenvalue weighted by Crippen LogP contribution is -2.39. The van der Waals surface area contributed by atoms with E-state index in [1.807, 2.05) is 13.8 Å². The molecule has 2 aliphatic rings. The van der Waals surface area contributed by atoms with Gasteiger partial charge in [0, 0.05) is 6.54 Å². The first-order chi connectivity index (χ1) is 7.05. The van der Waals surface area contributed by atoms with Crippen molar-refractivity contribution in [1.29, 1.82) is 0 Å². The molecule has 2 fully saturated rings. The van der Waals surface area contributed by atoms with Gasteiger partial charge < -0.3 is 14.4 Å². The normalized spacial score (nSPS) is 33.4. The molecule has 2 aliphatic heterocycles. The minimum atomic E-state index is -0.367. The smallest absolute Gasteiger partial charge is 0.163 e. The topological polar surface area (TPSA) is 21.7 Å². The summed E-state index contributed by atoms with van der Waals surface area (Å²) in [5, 5.41) is 0. The van der Waals surface area contributed by atoms with Crippen LogP contribution in [0.3, 0.4) is 0 Å². The molecule has 0 N–H and O–H groups in total. The van der Waals surface area contributed by atoms with Gasteiger partial charge >= 0.3 is 0 Å². The van der Waals surface area contributed by atoms with Crippen molar-refractivity contribution in [3.05, 3.63) is 0 Å². The highest BCUT2D eigenvalue weighted by Crippen LogP contribution is 2.24. The molecule has 0 radical (unpaired) electrons. The second kappa shape index (κ2) is 4.40. The van der Waals surface area contributed by atoms with E-state index in [1.165, 1.54) is 25.9 Å². The van der Waals surface area contributed by atoms with Crippen molar-refractivity contribution < 1.29 is 9.47 Å². The Hall–Kier alpha value is -0.120. The summed E-state index contributed by atoms with van der Waals surface area (Å²) in [6.45, 7) is 10.6. The number of hydrogen-bond acceptors (Lipinski definition) is 3. The molecule has 0 saturated carbocycles. The molecule has 15 heavy (non-hydrogen) atoms. The van der Waals surface area contributed by atoms with Crippen molar-refractivity contribution in [1.82, 2.24) is 4.90 Å². The van der Waals surface area contributed by atoms with Crippen LogP contribution in [-0.2, 0) is 9.47 Å². The van der Waals surface area contributed by atoms with Crippen LogP contribution in [0.25, 0.3) is 0 Å². The highest BCUT2D eigenvalue weighted by atomic mass is 16.7. The van der Waals surface area contributed by atoms with E-state index in [0.29, 0.717) is 0 Å². The van der Waals surface area contributed by atoms with Gasteiger partial charge in [0.15, 0.2) is 5.79 Å². The van der Waals surface area contributed by atoms with E-state index in [4.69, 9.17) is 9.47 Å². The van der Waals surface area contributed by atoms with Gasteiger partial charge in [0.2, 0.25) is 0 Å². The van der Waals surface area contributed by atoms with Gasteiger partial charge in [0.05, 0.1) is 12.7 Å². The van der Waals surface area contributed by atoms with E-state index in [-0.39, 0.29) is 11.9 Å². The Kier molecular flexibility index (Phi) is 3.33. The molecule has 2 heterocycles. The Morgan fingerprint density at radius 2 is 1.93 bits per heavy atom. The predicted molar refractivity (Wildman–Crippen MR) is 59.7 cm³/mol. The number of piperidine rings is 1. The fourth-order valence-electron chi connectivity index (χ4n) is 2.39. The van der Waals surface area contributed by atoms with Crippen LogP contribution in [0, 0.1) is 5.92 Å². The first-order valence-electron chi connectivity index (χ1n) is 6.09. The van der Waals surface area contributed by atoms with Gasteiger partial charge in [0.25, 0.3) is 0 Å². The Morgan fingerprint density at radius 3 is 2.47 bits per heavy atom. The van der Waals surface area contributed by atoms with Crippen molar-refractivity contribution in [2.75, 3.05) is 26.2 Å². The summed E-state index contributed by atoms with van der Waals surface area (Å²) in [5.74, 6) is 0.534. The summed E-state index contributed by atoms with van der Waals surface area (Å²) in [4.78, 5) is 2.51. The van der Waals surface area contributed by atoms with Gasteiger partial charge in [-0.1, -0.05) is 6.92 Å². The third-order valence-corrected chi connectivity index (χ3v) is 3.41. The molecule has 1 atom stereocenters. The Balaban J connectivity index is 1.74. The number of hydrogen-bond donors (Lipinski definition) is 0. The maximum Gasteiger partial charge on any atom is 0.163 e. The van der Waals surface area contributed by atoms with Crippen LogP contribution in [0.15, 0.2) is 0 Å². The Morgan fingerprint density at radius 1 is 1.27 bits per heavy atom. The zero-order valence-electron chi connectivity index (χ0n) is 10.2. The van der Waals surface area contributed by atoms with Crippen LogP contribution in [0.4, 0.5) is 0 Å². The molecule has 2 rings (SSSR count). The van der Waals surface area contributed by atoms with E-state index in [0.717, 1.165) is 19.1 Å². The summed E-state index contributed by atoms with van der Waals surface area (Å²) in [6.07, 6.45) is 2.93. The Labute approximate surface area is 92.7 Å². The van der Waals surface area contributed by atoms with E-state index >= 15 is 0 Å². The third-order valence-electron chi connectivity index (χ3n) is 3.41. The quantitative estimate of drug-likeness (QED) is 0.699. The lowest BCUT2D eigenvalue weighted by atomic mass is 9.99. The first kappa shape index (κ1) is 11.4. The molecule has 0 aromatic carbocycles. The van der Waals surface area contributed by atoms with E-state index in [1.54, 1.807) is 0 Å². The maximum atomic E-state index is 5.81. The number of likely N-dealkylation sites (tertiary alicyclic amines) is 1. The predicted octanol–water partition coefficient (Wildman–Crippen LogP) is 1.87.